The van der Waals surface area contributed by atoms with Crippen LogP contribution in [0.1, 0.15) is 12.0 Å². The summed E-state index contributed by atoms with van der Waals surface area (Å²) in [5, 5.41) is 25.6. The van der Waals surface area contributed by atoms with Crippen molar-refractivity contribution in [2.75, 3.05) is 25.2 Å². The van der Waals surface area contributed by atoms with E-state index in [1.165, 1.54) is 11.8 Å². The molecule has 1 rings (SSSR count). The zero-order valence-corrected chi connectivity index (χ0v) is 17.5. The first kappa shape index (κ1) is 25.4. The number of carboxylic acids is 1. The summed E-state index contributed by atoms with van der Waals surface area (Å²) in [6.45, 7) is -1.19. The van der Waals surface area contributed by atoms with Crippen molar-refractivity contribution in [2.45, 2.75) is 31.0 Å². The van der Waals surface area contributed by atoms with E-state index in [1.54, 1.807) is 30.3 Å². The van der Waals surface area contributed by atoms with Crippen LogP contribution >= 0.6 is 11.8 Å². The molecule has 7 N–H and O–H groups in total. The van der Waals surface area contributed by atoms with Crippen LogP contribution in [0.15, 0.2) is 30.3 Å². The fourth-order valence-corrected chi connectivity index (χ4v) is 2.92. The van der Waals surface area contributed by atoms with E-state index in [1.807, 2.05) is 6.26 Å². The normalized spacial score (nSPS) is 13.6. The van der Waals surface area contributed by atoms with Crippen molar-refractivity contribution < 1.29 is 29.4 Å². The van der Waals surface area contributed by atoms with Gasteiger partial charge in [-0.05, 0) is 24.0 Å². The Bertz CT molecular complexity index is 718. The molecule has 3 atom stereocenters. The minimum absolute atomic E-state index is 0.0825. The van der Waals surface area contributed by atoms with Crippen LogP contribution in [0.25, 0.3) is 0 Å². The zero-order valence-electron chi connectivity index (χ0n) is 16.7. The Labute approximate surface area is 179 Å². The van der Waals surface area contributed by atoms with Crippen LogP contribution < -0.4 is 21.7 Å². The minimum atomic E-state index is -1.27. The van der Waals surface area contributed by atoms with Crippen LogP contribution in [0.4, 0.5) is 0 Å². The summed E-state index contributed by atoms with van der Waals surface area (Å²) in [6.07, 6.45) is 2.36. The van der Waals surface area contributed by atoms with Gasteiger partial charge >= 0.3 is 5.97 Å². The first-order chi connectivity index (χ1) is 14.3. The molecule has 0 aliphatic carbocycles. The highest BCUT2D eigenvalue weighted by Gasteiger charge is 2.24. The largest absolute Gasteiger partial charge is 0.480 e. The maximum Gasteiger partial charge on any atom is 0.326 e. The number of carboxylic acid groups (broad SMARTS) is 1. The molecule has 0 heterocycles. The number of nitrogens with two attached hydrogens (primary N) is 1. The minimum Gasteiger partial charge on any atom is -0.480 e. The Kier molecular flexibility index (Phi) is 11.5. The Morgan fingerprint density at radius 1 is 1.07 bits per heavy atom. The molecule has 11 heteroatoms. The van der Waals surface area contributed by atoms with Crippen molar-refractivity contribution in [3.05, 3.63) is 35.9 Å². The molecule has 0 spiro atoms. The maximum atomic E-state index is 12.1. The Hall–Kier alpha value is -2.63. The van der Waals surface area contributed by atoms with Crippen molar-refractivity contribution >= 4 is 35.5 Å². The molecule has 0 saturated heterocycles. The van der Waals surface area contributed by atoms with Gasteiger partial charge in [0.15, 0.2) is 0 Å². The average molecular weight is 441 g/mol. The number of thioether (sulfide) groups is 1. The molecule has 10 nitrogen and oxygen atoms in total. The lowest BCUT2D eigenvalue weighted by molar-refractivity contribution is -0.141. The molecule has 3 amide bonds. The topological polar surface area (TPSA) is 171 Å². The lowest BCUT2D eigenvalue weighted by Gasteiger charge is -2.19. The third kappa shape index (κ3) is 9.25. The molecule has 0 saturated carbocycles. The van der Waals surface area contributed by atoms with E-state index >= 15 is 0 Å². The summed E-state index contributed by atoms with van der Waals surface area (Å²) in [5.41, 5.74) is 6.45. The standard InChI is InChI=1S/C19H28N4O6S/c1-30-8-7-13(20)17(26)23-15(11-24)18(27)21-10-16(25)22-14(19(28)29)9-12-5-3-2-4-6-12/h2-6,13-15,24H,7-11,20H2,1H3,(H,21,27)(H,22,25)(H,23,26)(H,28,29). The van der Waals surface area contributed by atoms with Crippen molar-refractivity contribution in [1.29, 1.82) is 0 Å². The molecular formula is C19H28N4O6S. The summed E-state index contributed by atoms with van der Waals surface area (Å²) >= 11 is 1.52. The lowest BCUT2D eigenvalue weighted by atomic mass is 10.1. The Morgan fingerprint density at radius 2 is 1.73 bits per heavy atom. The molecule has 0 aromatic heterocycles. The van der Waals surface area contributed by atoms with Gasteiger partial charge in [-0.3, -0.25) is 14.4 Å². The van der Waals surface area contributed by atoms with E-state index in [0.717, 1.165) is 5.56 Å². The third-order valence-electron chi connectivity index (χ3n) is 4.12. The average Bonchev–Trinajstić information content (AvgIpc) is 2.73. The molecule has 1 aromatic carbocycles. The molecule has 166 valence electrons. The first-order valence-electron chi connectivity index (χ1n) is 9.28. The van der Waals surface area contributed by atoms with Crippen LogP contribution in [0, 0.1) is 0 Å². The third-order valence-corrected chi connectivity index (χ3v) is 4.77. The molecule has 3 unspecified atom stereocenters. The highest BCUT2D eigenvalue weighted by Crippen LogP contribution is 2.03. The van der Waals surface area contributed by atoms with Crippen LogP contribution in [0.5, 0.6) is 0 Å². The van der Waals surface area contributed by atoms with Crippen molar-refractivity contribution in [2.24, 2.45) is 5.73 Å². The predicted octanol–water partition coefficient (Wildman–Crippen LogP) is -1.53. The Balaban J connectivity index is 2.52. The van der Waals surface area contributed by atoms with Crippen LogP contribution in [0.3, 0.4) is 0 Å². The van der Waals surface area contributed by atoms with Crippen LogP contribution in [-0.2, 0) is 25.6 Å². The number of rotatable bonds is 13. The number of benzene rings is 1. The summed E-state index contributed by atoms with van der Waals surface area (Å²) in [4.78, 5) is 47.6. The highest BCUT2D eigenvalue weighted by molar-refractivity contribution is 7.98. The fourth-order valence-electron chi connectivity index (χ4n) is 2.43. The van der Waals surface area contributed by atoms with Gasteiger partial charge in [0, 0.05) is 6.42 Å². The van der Waals surface area contributed by atoms with E-state index in [-0.39, 0.29) is 6.42 Å². The van der Waals surface area contributed by atoms with Gasteiger partial charge in [0.25, 0.3) is 0 Å². The summed E-state index contributed by atoms with van der Waals surface area (Å²) < 4.78 is 0. The predicted molar refractivity (Wildman–Crippen MR) is 113 cm³/mol. The number of aliphatic hydroxyl groups excluding tert-OH is 1. The van der Waals surface area contributed by atoms with Crippen molar-refractivity contribution in [3.63, 3.8) is 0 Å². The monoisotopic (exact) mass is 440 g/mol. The summed E-state index contributed by atoms with van der Waals surface area (Å²) in [5.74, 6) is -2.63. The number of nitrogens with one attached hydrogen (secondary N) is 3. The van der Waals surface area contributed by atoms with Gasteiger partial charge in [-0.15, -0.1) is 0 Å². The molecule has 0 bridgehead atoms. The second-order valence-electron chi connectivity index (χ2n) is 6.50. The van der Waals surface area contributed by atoms with Gasteiger partial charge in [0.1, 0.15) is 12.1 Å². The van der Waals surface area contributed by atoms with E-state index < -0.39 is 55.0 Å². The van der Waals surface area contributed by atoms with Crippen LogP contribution in [-0.4, -0.2) is 77.2 Å². The molecule has 0 fully saturated rings. The quantitative estimate of drug-likeness (QED) is 0.214. The smallest absolute Gasteiger partial charge is 0.326 e. The number of amides is 3. The van der Waals surface area contributed by atoms with Crippen molar-refractivity contribution in [3.8, 4) is 0 Å². The fraction of sp³-hybridized carbons (Fsp3) is 0.474. The zero-order chi connectivity index (χ0) is 22.5. The molecule has 30 heavy (non-hydrogen) atoms. The van der Waals surface area contributed by atoms with Crippen molar-refractivity contribution in [1.82, 2.24) is 16.0 Å². The van der Waals surface area contributed by atoms with Gasteiger partial charge < -0.3 is 31.9 Å². The summed E-state index contributed by atoms with van der Waals surface area (Å²) in [7, 11) is 0. The SMILES string of the molecule is CSCCC(N)C(=O)NC(CO)C(=O)NCC(=O)NC(Cc1ccccc1)C(=O)O. The van der Waals surface area contributed by atoms with Gasteiger partial charge in [-0.25, -0.2) is 4.79 Å². The number of carbonyl (C=O) groups excluding carboxylic acids is 3. The van der Waals surface area contributed by atoms with E-state index in [0.29, 0.717) is 12.2 Å². The number of aliphatic hydroxyl groups is 1. The van der Waals surface area contributed by atoms with E-state index in [4.69, 9.17) is 5.73 Å². The maximum absolute atomic E-state index is 12.1. The van der Waals surface area contributed by atoms with Gasteiger partial charge in [-0.1, -0.05) is 30.3 Å². The van der Waals surface area contributed by atoms with E-state index in [2.05, 4.69) is 16.0 Å². The first-order valence-corrected chi connectivity index (χ1v) is 10.7. The molecular weight excluding hydrogens is 412 g/mol. The molecule has 0 radical (unpaired) electrons. The number of aliphatic carboxylic acids is 1. The molecule has 0 aliphatic rings. The Morgan fingerprint density at radius 3 is 2.30 bits per heavy atom. The van der Waals surface area contributed by atoms with Gasteiger partial charge in [-0.2, -0.15) is 11.8 Å². The van der Waals surface area contributed by atoms with Gasteiger partial charge in [0.2, 0.25) is 17.7 Å². The van der Waals surface area contributed by atoms with E-state index in [9.17, 15) is 29.4 Å². The highest BCUT2D eigenvalue weighted by atomic mass is 32.2. The van der Waals surface area contributed by atoms with Gasteiger partial charge in [0.05, 0.1) is 19.2 Å². The molecule has 1 aromatic rings. The lowest BCUT2D eigenvalue weighted by Crippen LogP contribution is -2.55. The second kappa shape index (κ2) is 13.6. The second-order valence-corrected chi connectivity index (χ2v) is 7.48. The summed E-state index contributed by atoms with van der Waals surface area (Å²) in [6, 6.07) is 5.52. The van der Waals surface area contributed by atoms with Crippen LogP contribution in [0.2, 0.25) is 0 Å². The number of hydrogen-bond donors (Lipinski definition) is 6. The number of hydrogen-bond acceptors (Lipinski definition) is 7. The number of carbonyl (C=O) groups is 4. The molecule has 0 aliphatic heterocycles.